The molecule has 5 rings (SSSR count). The molecule has 0 radical (unpaired) electrons. The van der Waals surface area contributed by atoms with E-state index in [1.54, 1.807) is 0 Å². The van der Waals surface area contributed by atoms with E-state index < -0.39 is 26.4 Å². The van der Waals surface area contributed by atoms with Crippen LogP contribution in [0.3, 0.4) is 0 Å². The highest BCUT2D eigenvalue weighted by atomic mass is 32.2. The Morgan fingerprint density at radius 2 is 1.56 bits per heavy atom. The molecule has 0 aromatic heterocycles. The molecular formula is C20H32FNO4S. The fourth-order valence-electron chi connectivity index (χ4n) is 7.16. The normalized spacial score (nSPS) is 38.6. The number of amides is 1. The van der Waals surface area contributed by atoms with Gasteiger partial charge in [0.05, 0.1) is 0 Å². The topological polar surface area (TPSA) is 74.7 Å². The molecule has 0 aromatic rings. The molecule has 0 saturated heterocycles. The van der Waals surface area contributed by atoms with Gasteiger partial charge in [-0.25, -0.2) is 4.39 Å². The van der Waals surface area contributed by atoms with Gasteiger partial charge in [-0.3, -0.25) is 9.35 Å². The van der Waals surface area contributed by atoms with Gasteiger partial charge in [-0.1, -0.05) is 19.3 Å². The van der Waals surface area contributed by atoms with E-state index in [9.17, 15) is 17.8 Å². The monoisotopic (exact) mass is 401 g/mol. The van der Waals surface area contributed by atoms with E-state index in [1.165, 1.54) is 11.9 Å². The summed E-state index contributed by atoms with van der Waals surface area (Å²) in [5.41, 5.74) is -0.456. The van der Waals surface area contributed by atoms with Crippen molar-refractivity contribution in [2.45, 2.75) is 88.1 Å². The summed E-state index contributed by atoms with van der Waals surface area (Å²) < 4.78 is 50.1. The predicted molar refractivity (Wildman–Crippen MR) is 100 cm³/mol. The van der Waals surface area contributed by atoms with Gasteiger partial charge in [-0.2, -0.15) is 8.42 Å². The van der Waals surface area contributed by atoms with Crippen molar-refractivity contribution in [2.75, 3.05) is 7.05 Å². The first kappa shape index (κ1) is 19.6. The summed E-state index contributed by atoms with van der Waals surface area (Å²) >= 11 is 0. The lowest BCUT2D eigenvalue weighted by atomic mass is 9.48. The molecule has 154 valence electrons. The van der Waals surface area contributed by atoms with E-state index in [-0.39, 0.29) is 12.5 Å². The van der Waals surface area contributed by atoms with Crippen molar-refractivity contribution in [1.29, 1.82) is 0 Å². The van der Waals surface area contributed by atoms with E-state index in [2.05, 4.69) is 0 Å². The van der Waals surface area contributed by atoms with Crippen molar-refractivity contribution < 1.29 is 22.2 Å². The van der Waals surface area contributed by atoms with Crippen molar-refractivity contribution in [1.82, 2.24) is 4.90 Å². The van der Waals surface area contributed by atoms with E-state index in [4.69, 9.17) is 0 Å². The largest absolute Gasteiger partial charge is 0.339 e. The maximum atomic E-state index is 16.0. The third kappa shape index (κ3) is 3.43. The van der Waals surface area contributed by atoms with Gasteiger partial charge in [-0.05, 0) is 74.5 Å². The summed E-state index contributed by atoms with van der Waals surface area (Å²) in [7, 11) is -3.65. The highest BCUT2D eigenvalue weighted by Gasteiger charge is 2.61. The Morgan fingerprint density at radius 1 is 1.07 bits per heavy atom. The summed E-state index contributed by atoms with van der Waals surface area (Å²) in [6.45, 7) is 0. The lowest BCUT2D eigenvalue weighted by molar-refractivity contribution is -0.146. The third-order valence-corrected chi connectivity index (χ3v) is 9.08. The molecule has 0 aliphatic heterocycles. The number of alkyl halides is 1. The van der Waals surface area contributed by atoms with Crippen LogP contribution in [0, 0.1) is 23.2 Å². The molecule has 1 amide bonds. The van der Waals surface area contributed by atoms with Gasteiger partial charge in [0.15, 0.2) is 0 Å². The van der Waals surface area contributed by atoms with Crippen LogP contribution in [-0.2, 0) is 14.9 Å². The first-order valence-electron chi connectivity index (χ1n) is 10.6. The number of nitrogens with zero attached hydrogens (tertiary/aromatic N) is 1. The predicted octanol–water partition coefficient (Wildman–Crippen LogP) is 3.94. The number of hydrogen-bond acceptors (Lipinski definition) is 3. The smallest absolute Gasteiger partial charge is 0.312 e. The van der Waals surface area contributed by atoms with Crippen LogP contribution >= 0.6 is 0 Å². The molecule has 1 unspecified atom stereocenters. The number of hydrogen-bond donors (Lipinski definition) is 1. The zero-order valence-electron chi connectivity index (χ0n) is 16.2. The van der Waals surface area contributed by atoms with Crippen LogP contribution in [0.25, 0.3) is 0 Å². The second-order valence-corrected chi connectivity index (χ2v) is 11.6. The van der Waals surface area contributed by atoms with Gasteiger partial charge >= 0.3 is 15.1 Å². The minimum Gasteiger partial charge on any atom is -0.339 e. The summed E-state index contributed by atoms with van der Waals surface area (Å²) in [6.07, 6.45) is 10.00. The molecule has 1 atom stereocenters. The molecule has 5 aliphatic rings. The fraction of sp³-hybridized carbons (Fsp3) is 0.950. The van der Waals surface area contributed by atoms with Gasteiger partial charge in [0, 0.05) is 19.5 Å². The lowest BCUT2D eigenvalue weighted by Gasteiger charge is -2.57. The molecule has 5 nitrogen and oxygen atoms in total. The number of carbonyl (C=O) groups excluding carboxylic acids is 1. The van der Waals surface area contributed by atoms with E-state index in [0.29, 0.717) is 17.8 Å². The van der Waals surface area contributed by atoms with Gasteiger partial charge in [0.25, 0.3) is 5.91 Å². The molecular weight excluding hydrogens is 369 g/mol. The molecule has 27 heavy (non-hydrogen) atoms. The van der Waals surface area contributed by atoms with Crippen LogP contribution in [0.4, 0.5) is 4.39 Å². The minimum atomic E-state index is -5.15. The third-order valence-electron chi connectivity index (χ3n) is 7.94. The van der Waals surface area contributed by atoms with E-state index >= 15 is 4.39 Å². The minimum absolute atomic E-state index is 0.139. The SMILES string of the molecule is CN(C(=O)C(F)(CC12CC3CC(CC(C3)C1)C2)S(=O)(=O)O)C1CCCCC1. The Kier molecular flexibility index (Phi) is 4.86. The highest BCUT2D eigenvalue weighted by molar-refractivity contribution is 7.87. The number of rotatable bonds is 5. The first-order chi connectivity index (χ1) is 12.6. The molecule has 4 bridgehead atoms. The molecule has 1 N–H and O–H groups in total. The highest BCUT2D eigenvalue weighted by Crippen LogP contribution is 2.63. The Bertz CT molecular complexity index is 667. The van der Waals surface area contributed by atoms with Crippen LogP contribution < -0.4 is 0 Å². The molecule has 0 aromatic carbocycles. The van der Waals surface area contributed by atoms with Crippen molar-refractivity contribution >= 4 is 16.0 Å². The summed E-state index contributed by atoms with van der Waals surface area (Å²) in [5.74, 6) is 0.502. The van der Waals surface area contributed by atoms with Crippen LogP contribution in [0.5, 0.6) is 0 Å². The second-order valence-electron chi connectivity index (χ2n) is 10.0. The van der Waals surface area contributed by atoms with Crippen molar-refractivity contribution in [3.63, 3.8) is 0 Å². The van der Waals surface area contributed by atoms with Gasteiger partial charge in [0.2, 0.25) is 0 Å². The average molecular weight is 402 g/mol. The molecule has 0 spiro atoms. The van der Waals surface area contributed by atoms with Gasteiger partial charge < -0.3 is 4.90 Å². The Hall–Kier alpha value is -0.690. The zero-order valence-corrected chi connectivity index (χ0v) is 17.0. The Morgan fingerprint density at radius 3 is 2.00 bits per heavy atom. The Balaban J connectivity index is 1.60. The van der Waals surface area contributed by atoms with Crippen LogP contribution in [0.15, 0.2) is 0 Å². The lowest BCUT2D eigenvalue weighted by Crippen LogP contribution is -2.57. The van der Waals surface area contributed by atoms with Crippen LogP contribution in [-0.4, -0.2) is 41.9 Å². The van der Waals surface area contributed by atoms with E-state index in [0.717, 1.165) is 70.6 Å². The number of halogens is 1. The maximum Gasteiger partial charge on any atom is 0.312 e. The van der Waals surface area contributed by atoms with Gasteiger partial charge in [-0.15, -0.1) is 0 Å². The fourth-order valence-corrected chi connectivity index (χ4v) is 8.02. The summed E-state index contributed by atoms with van der Waals surface area (Å²) in [5, 5.41) is -3.22. The second kappa shape index (κ2) is 6.68. The first-order valence-corrected chi connectivity index (χ1v) is 12.0. The quantitative estimate of drug-likeness (QED) is 0.708. The zero-order chi connectivity index (χ0) is 19.4. The van der Waals surface area contributed by atoms with Crippen LogP contribution in [0.1, 0.15) is 77.0 Å². The van der Waals surface area contributed by atoms with Gasteiger partial charge in [0.1, 0.15) is 0 Å². The average Bonchev–Trinajstić information content (AvgIpc) is 2.58. The van der Waals surface area contributed by atoms with Crippen molar-refractivity contribution in [3.8, 4) is 0 Å². The van der Waals surface area contributed by atoms with Crippen molar-refractivity contribution in [3.05, 3.63) is 0 Å². The molecule has 0 heterocycles. The standard InChI is InChI=1S/C20H32FNO4S/c1-22(17-5-3-2-4-6-17)18(23)20(21,27(24,25)26)13-19-10-14-7-15(11-19)9-16(8-14)12-19/h14-17H,2-13H2,1H3,(H,24,25,26). The Labute approximate surface area is 161 Å². The van der Waals surface area contributed by atoms with Crippen LogP contribution in [0.2, 0.25) is 0 Å². The van der Waals surface area contributed by atoms with E-state index in [1.807, 2.05) is 0 Å². The summed E-state index contributed by atoms with van der Waals surface area (Å²) in [6, 6.07) is -0.139. The molecule has 7 heteroatoms. The maximum absolute atomic E-state index is 16.0. The summed E-state index contributed by atoms with van der Waals surface area (Å²) in [4.78, 5) is 14.3. The molecule has 5 aliphatic carbocycles. The molecule has 5 saturated carbocycles. The number of carbonyl (C=O) groups is 1. The molecule has 5 fully saturated rings. The van der Waals surface area contributed by atoms with Crippen molar-refractivity contribution in [2.24, 2.45) is 23.2 Å².